The molecule has 0 saturated carbocycles. The summed E-state index contributed by atoms with van der Waals surface area (Å²) >= 11 is 1.44. The van der Waals surface area contributed by atoms with E-state index in [0.717, 1.165) is 4.88 Å². The second-order valence-corrected chi connectivity index (χ2v) is 9.80. The molecule has 2 aromatic heterocycles. The highest BCUT2D eigenvalue weighted by Gasteiger charge is 2.49. The molecule has 0 aromatic carbocycles. The van der Waals surface area contributed by atoms with Crippen LogP contribution in [0.25, 0.3) is 0 Å². The van der Waals surface area contributed by atoms with Gasteiger partial charge in [-0.2, -0.15) is 0 Å². The molecule has 1 amide bonds. The molecule has 0 aliphatic carbocycles. The first kappa shape index (κ1) is 16.5. The fourth-order valence-corrected chi connectivity index (χ4v) is 6.39. The lowest BCUT2D eigenvalue weighted by Gasteiger charge is -2.43. The van der Waals surface area contributed by atoms with Crippen LogP contribution in [0, 0.1) is 6.92 Å². The van der Waals surface area contributed by atoms with E-state index in [4.69, 9.17) is 0 Å². The van der Waals surface area contributed by atoms with Gasteiger partial charge in [-0.1, -0.05) is 0 Å². The van der Waals surface area contributed by atoms with Gasteiger partial charge in [0.25, 0.3) is 5.91 Å². The van der Waals surface area contributed by atoms with Crippen LogP contribution in [0.5, 0.6) is 0 Å². The lowest BCUT2D eigenvalue weighted by atomic mass is 10.0. The number of hydrogen-bond donors (Lipinski definition) is 0. The lowest BCUT2D eigenvalue weighted by molar-refractivity contribution is 0.0653. The Bertz CT molecular complexity index is 897. The van der Waals surface area contributed by atoms with Gasteiger partial charge in [-0.3, -0.25) is 4.79 Å². The number of aromatic nitrogens is 2. The normalized spacial score (nSPS) is 25.0. The Morgan fingerprint density at radius 3 is 2.56 bits per heavy atom. The molecule has 25 heavy (non-hydrogen) atoms. The van der Waals surface area contributed by atoms with E-state index in [2.05, 4.69) is 9.97 Å². The molecule has 0 N–H and O–H groups in total. The van der Waals surface area contributed by atoms with E-state index >= 15 is 0 Å². The second kappa shape index (κ2) is 6.06. The molecule has 132 valence electrons. The minimum Gasteiger partial charge on any atom is -0.333 e. The van der Waals surface area contributed by atoms with Crippen LogP contribution in [0.1, 0.15) is 14.5 Å². The first-order valence-corrected chi connectivity index (χ1v) is 10.7. The van der Waals surface area contributed by atoms with Crippen LogP contribution < -0.4 is 4.90 Å². The molecule has 9 heteroatoms. The van der Waals surface area contributed by atoms with Crippen LogP contribution in [0.4, 0.5) is 5.95 Å². The SMILES string of the molecule is Cc1ccc(C(=O)N2CCN(c3ncccn3)C3CS(=O)(=O)CC32)s1. The van der Waals surface area contributed by atoms with Gasteiger partial charge >= 0.3 is 0 Å². The van der Waals surface area contributed by atoms with Crippen molar-refractivity contribution in [2.45, 2.75) is 19.0 Å². The molecule has 4 heterocycles. The molecule has 0 spiro atoms. The van der Waals surface area contributed by atoms with E-state index in [1.807, 2.05) is 24.0 Å². The summed E-state index contributed by atoms with van der Waals surface area (Å²) in [5.74, 6) is 0.466. The highest BCUT2D eigenvalue weighted by atomic mass is 32.2. The quantitative estimate of drug-likeness (QED) is 0.774. The van der Waals surface area contributed by atoms with Gasteiger partial charge in [0, 0.05) is 30.4 Å². The summed E-state index contributed by atoms with van der Waals surface area (Å²) in [7, 11) is -3.20. The van der Waals surface area contributed by atoms with E-state index in [1.54, 1.807) is 23.4 Å². The summed E-state index contributed by atoms with van der Waals surface area (Å²) in [6, 6.07) is 4.79. The number of hydrogen-bond acceptors (Lipinski definition) is 7. The fraction of sp³-hybridized carbons (Fsp3) is 0.438. The van der Waals surface area contributed by atoms with Crippen molar-refractivity contribution in [2.24, 2.45) is 0 Å². The second-order valence-electron chi connectivity index (χ2n) is 6.36. The van der Waals surface area contributed by atoms with Crippen molar-refractivity contribution in [3.05, 3.63) is 40.3 Å². The molecule has 2 atom stereocenters. The van der Waals surface area contributed by atoms with E-state index in [1.165, 1.54) is 11.3 Å². The van der Waals surface area contributed by atoms with Crippen molar-refractivity contribution in [3.8, 4) is 0 Å². The predicted molar refractivity (Wildman–Crippen MR) is 95.7 cm³/mol. The van der Waals surface area contributed by atoms with Crippen LogP contribution in [0.2, 0.25) is 0 Å². The fourth-order valence-electron chi connectivity index (χ4n) is 3.58. The summed E-state index contributed by atoms with van der Waals surface area (Å²) in [6.45, 7) is 2.94. The Balaban J connectivity index is 1.66. The van der Waals surface area contributed by atoms with Crippen LogP contribution in [0.15, 0.2) is 30.6 Å². The third-order valence-electron chi connectivity index (χ3n) is 4.70. The Morgan fingerprint density at radius 1 is 1.16 bits per heavy atom. The van der Waals surface area contributed by atoms with Crippen LogP contribution in [-0.2, 0) is 9.84 Å². The Kier molecular flexibility index (Phi) is 3.99. The van der Waals surface area contributed by atoms with E-state index in [9.17, 15) is 13.2 Å². The van der Waals surface area contributed by atoms with Crippen molar-refractivity contribution >= 4 is 33.0 Å². The average Bonchev–Trinajstić information content (AvgIpc) is 3.16. The van der Waals surface area contributed by atoms with E-state index < -0.39 is 9.84 Å². The summed E-state index contributed by atoms with van der Waals surface area (Å²) in [4.78, 5) is 26.8. The van der Waals surface area contributed by atoms with Gasteiger partial charge < -0.3 is 9.80 Å². The zero-order valence-corrected chi connectivity index (χ0v) is 15.3. The van der Waals surface area contributed by atoms with Crippen LogP contribution in [-0.4, -0.2) is 65.9 Å². The molecular formula is C16H18N4O3S2. The number of sulfone groups is 1. The van der Waals surface area contributed by atoms with Gasteiger partial charge in [0.05, 0.1) is 28.5 Å². The Labute approximate surface area is 150 Å². The zero-order chi connectivity index (χ0) is 17.6. The molecule has 7 nitrogen and oxygen atoms in total. The highest BCUT2D eigenvalue weighted by Crippen LogP contribution is 2.31. The van der Waals surface area contributed by atoms with Crippen LogP contribution >= 0.6 is 11.3 Å². The lowest BCUT2D eigenvalue weighted by Crippen LogP contribution is -2.61. The van der Waals surface area contributed by atoms with Gasteiger partial charge in [0.1, 0.15) is 0 Å². The van der Waals surface area contributed by atoms with E-state index in [-0.39, 0.29) is 29.5 Å². The number of anilines is 1. The highest BCUT2D eigenvalue weighted by molar-refractivity contribution is 7.91. The molecule has 2 aromatic rings. The average molecular weight is 378 g/mol. The molecule has 0 bridgehead atoms. The van der Waals surface area contributed by atoms with E-state index in [0.29, 0.717) is 23.9 Å². The topological polar surface area (TPSA) is 83.5 Å². The maximum atomic E-state index is 12.9. The number of thiophene rings is 1. The van der Waals surface area contributed by atoms with Crippen molar-refractivity contribution in [1.82, 2.24) is 14.9 Å². The zero-order valence-electron chi connectivity index (χ0n) is 13.7. The van der Waals surface area contributed by atoms with Crippen molar-refractivity contribution < 1.29 is 13.2 Å². The molecule has 4 rings (SSSR count). The number of rotatable bonds is 2. The summed E-state index contributed by atoms with van der Waals surface area (Å²) in [6.07, 6.45) is 3.29. The maximum absolute atomic E-state index is 12.9. The molecular weight excluding hydrogens is 360 g/mol. The monoisotopic (exact) mass is 378 g/mol. The first-order chi connectivity index (χ1) is 11.9. The van der Waals surface area contributed by atoms with Crippen molar-refractivity contribution in [3.63, 3.8) is 0 Å². The number of fused-ring (bicyclic) bond motifs is 1. The molecule has 2 saturated heterocycles. The summed E-state index contributed by atoms with van der Waals surface area (Å²) < 4.78 is 24.6. The van der Waals surface area contributed by atoms with Gasteiger partial charge in [-0.05, 0) is 25.1 Å². The summed E-state index contributed by atoms with van der Waals surface area (Å²) in [5.41, 5.74) is 0. The van der Waals surface area contributed by atoms with Gasteiger partial charge in [0.2, 0.25) is 5.95 Å². The molecule has 2 fully saturated rings. The Morgan fingerprint density at radius 2 is 1.88 bits per heavy atom. The third-order valence-corrected chi connectivity index (χ3v) is 7.38. The van der Waals surface area contributed by atoms with Crippen molar-refractivity contribution in [1.29, 1.82) is 0 Å². The number of amides is 1. The minimum atomic E-state index is -3.20. The standard InChI is InChI=1S/C16H18N4O3S2/c1-11-3-4-14(24-11)15(21)19-7-8-20(16-17-5-2-6-18-16)13-10-25(22,23)9-12(13)19/h2-6,12-13H,7-10H2,1H3. The minimum absolute atomic E-state index is 0.00288. The molecule has 2 aliphatic rings. The number of piperazine rings is 1. The summed E-state index contributed by atoms with van der Waals surface area (Å²) in [5, 5.41) is 0. The van der Waals surface area contributed by atoms with Gasteiger partial charge in [-0.15, -0.1) is 11.3 Å². The predicted octanol–water partition coefficient (Wildman–Crippen LogP) is 0.975. The van der Waals surface area contributed by atoms with Gasteiger partial charge in [0.15, 0.2) is 9.84 Å². The third kappa shape index (κ3) is 3.02. The maximum Gasteiger partial charge on any atom is 0.264 e. The number of nitrogens with zero attached hydrogens (tertiary/aromatic N) is 4. The number of aryl methyl sites for hydroxylation is 1. The Hall–Kier alpha value is -2.00. The molecule has 2 aliphatic heterocycles. The smallest absolute Gasteiger partial charge is 0.264 e. The largest absolute Gasteiger partial charge is 0.333 e. The van der Waals surface area contributed by atoms with Gasteiger partial charge in [-0.25, -0.2) is 18.4 Å². The number of carbonyl (C=O) groups excluding carboxylic acids is 1. The first-order valence-electron chi connectivity index (χ1n) is 8.06. The molecule has 0 radical (unpaired) electrons. The van der Waals surface area contributed by atoms with Crippen molar-refractivity contribution in [2.75, 3.05) is 29.5 Å². The van der Waals surface area contributed by atoms with Crippen LogP contribution in [0.3, 0.4) is 0 Å². The molecule has 2 unspecified atom stereocenters. The number of carbonyl (C=O) groups is 1.